The van der Waals surface area contributed by atoms with Crippen molar-refractivity contribution >= 4 is 16.0 Å². The van der Waals surface area contributed by atoms with Gasteiger partial charge in [0.1, 0.15) is 0 Å². The molecule has 0 aliphatic carbocycles. The highest BCUT2D eigenvalue weighted by molar-refractivity contribution is 7.86. The second-order valence-electron chi connectivity index (χ2n) is 2.55. The van der Waals surface area contributed by atoms with Crippen molar-refractivity contribution in [2.24, 2.45) is 0 Å². The van der Waals surface area contributed by atoms with Crippen molar-refractivity contribution in [2.45, 2.75) is 25.5 Å². The van der Waals surface area contributed by atoms with Crippen molar-refractivity contribution in [1.82, 2.24) is 5.32 Å². The first kappa shape index (κ1) is 15.6. The minimum Gasteiger partial charge on any atom is -0.356 e. The minimum absolute atomic E-state index is 0.144. The summed E-state index contributed by atoms with van der Waals surface area (Å²) in [5.41, 5.74) is 0. The number of amides is 1. The second-order valence-corrected chi connectivity index (χ2v) is 4.39. The molecule has 0 saturated heterocycles. The number of rotatable bonds is 3. The smallest absolute Gasteiger partial charge is 0.267 e. The maximum absolute atomic E-state index is 10.1. The minimum atomic E-state index is -3.75. The maximum Gasteiger partial charge on any atom is 0.267 e. The Hall–Kier alpha value is -0.880. The van der Waals surface area contributed by atoms with Crippen LogP contribution in [0.2, 0.25) is 0 Å². The van der Waals surface area contributed by atoms with Crippen LogP contribution in [0.1, 0.15) is 20.3 Å². The van der Waals surface area contributed by atoms with E-state index in [1.54, 1.807) is 14.0 Å². The van der Waals surface area contributed by atoms with Gasteiger partial charge in [0.2, 0.25) is 5.91 Å². The first-order chi connectivity index (χ1) is 6.29. The summed E-state index contributed by atoms with van der Waals surface area (Å²) in [5, 5.41) is 1.73. The third-order valence-corrected chi connectivity index (χ3v) is 2.87. The fraction of sp³-hybridized carbons (Fsp3) is 0.625. The molecule has 0 aromatic rings. The van der Waals surface area contributed by atoms with Crippen LogP contribution >= 0.6 is 0 Å². The lowest BCUT2D eigenvalue weighted by molar-refractivity contribution is -0.116. The van der Waals surface area contributed by atoms with Gasteiger partial charge in [0.25, 0.3) is 10.1 Å². The van der Waals surface area contributed by atoms with Gasteiger partial charge in [0.15, 0.2) is 0 Å². The van der Waals surface area contributed by atoms with Crippen LogP contribution in [0, 0.1) is 0 Å². The molecular weight excluding hydrogens is 206 g/mol. The predicted octanol–water partition coefficient (Wildman–Crippen LogP) is 0.591. The Bertz CT molecular complexity index is 271. The highest BCUT2D eigenvalue weighted by Gasteiger charge is 2.13. The van der Waals surface area contributed by atoms with Gasteiger partial charge in [-0.3, -0.25) is 9.35 Å². The first-order valence-electron chi connectivity index (χ1n) is 4.10. The average Bonchev–Trinajstić information content (AvgIpc) is 2.14. The van der Waals surface area contributed by atoms with Crippen molar-refractivity contribution in [2.75, 3.05) is 7.05 Å². The van der Waals surface area contributed by atoms with Gasteiger partial charge in [-0.25, -0.2) is 0 Å². The van der Waals surface area contributed by atoms with E-state index in [9.17, 15) is 13.2 Å². The Morgan fingerprint density at radius 3 is 2.07 bits per heavy atom. The van der Waals surface area contributed by atoms with E-state index in [0.717, 1.165) is 0 Å². The quantitative estimate of drug-likeness (QED) is 0.542. The molecule has 1 atom stereocenters. The lowest BCUT2D eigenvalue weighted by atomic mass is 10.4. The number of hydrogen-bond acceptors (Lipinski definition) is 3. The summed E-state index contributed by atoms with van der Waals surface area (Å²) >= 11 is 0. The van der Waals surface area contributed by atoms with E-state index >= 15 is 0 Å². The average molecular weight is 223 g/mol. The molecule has 0 heterocycles. The fourth-order valence-electron chi connectivity index (χ4n) is 0.313. The van der Waals surface area contributed by atoms with Crippen LogP contribution in [0.15, 0.2) is 12.7 Å². The fourth-order valence-corrected chi connectivity index (χ4v) is 0.734. The summed E-state index contributed by atoms with van der Waals surface area (Å²) in [6.07, 6.45) is 1.68. The van der Waals surface area contributed by atoms with Crippen LogP contribution in [0.3, 0.4) is 0 Å². The van der Waals surface area contributed by atoms with Crippen LogP contribution in [0.25, 0.3) is 0 Å². The van der Waals surface area contributed by atoms with E-state index in [0.29, 0.717) is 6.42 Å². The Balaban J connectivity index is 0. The van der Waals surface area contributed by atoms with E-state index in [-0.39, 0.29) is 5.91 Å². The van der Waals surface area contributed by atoms with Gasteiger partial charge in [0, 0.05) is 7.05 Å². The SMILES string of the molecule is C=CC(=O)NC.CCC(C)S(=O)(=O)O. The molecule has 6 heteroatoms. The van der Waals surface area contributed by atoms with Gasteiger partial charge in [-0.05, 0) is 19.4 Å². The summed E-state index contributed by atoms with van der Waals surface area (Å²) in [5.74, 6) is -0.144. The van der Waals surface area contributed by atoms with Gasteiger partial charge in [-0.2, -0.15) is 8.42 Å². The van der Waals surface area contributed by atoms with Crippen LogP contribution in [-0.4, -0.2) is 31.2 Å². The van der Waals surface area contributed by atoms with Crippen molar-refractivity contribution in [3.8, 4) is 0 Å². The molecule has 2 N–H and O–H groups in total. The summed E-state index contributed by atoms with van der Waals surface area (Å²) < 4.78 is 28.5. The monoisotopic (exact) mass is 223 g/mol. The lowest BCUT2D eigenvalue weighted by Gasteiger charge is -2.00. The molecule has 0 saturated carbocycles. The Labute approximate surface area is 85.0 Å². The van der Waals surface area contributed by atoms with Crippen LogP contribution < -0.4 is 5.32 Å². The highest BCUT2D eigenvalue weighted by Crippen LogP contribution is 1.99. The molecule has 5 nitrogen and oxygen atoms in total. The molecule has 0 aromatic heterocycles. The molecule has 0 fully saturated rings. The van der Waals surface area contributed by atoms with Crippen LogP contribution in [0.5, 0.6) is 0 Å². The number of hydrogen-bond donors (Lipinski definition) is 2. The molecule has 0 rings (SSSR count). The molecule has 1 amide bonds. The molecule has 1 unspecified atom stereocenters. The molecule has 84 valence electrons. The van der Waals surface area contributed by atoms with Crippen molar-refractivity contribution in [3.63, 3.8) is 0 Å². The maximum atomic E-state index is 10.1. The highest BCUT2D eigenvalue weighted by atomic mass is 32.2. The largest absolute Gasteiger partial charge is 0.356 e. The van der Waals surface area contributed by atoms with Gasteiger partial charge in [0.05, 0.1) is 5.25 Å². The van der Waals surface area contributed by atoms with E-state index in [1.165, 1.54) is 13.0 Å². The number of carbonyl (C=O) groups excluding carboxylic acids is 1. The molecule has 0 radical (unpaired) electrons. The molecule has 0 aliphatic heterocycles. The normalized spacial score (nSPS) is 12.0. The molecule has 0 aromatic carbocycles. The standard InChI is InChI=1S/C4H7NO.C4H10O3S/c1-3-4(6)5-2;1-3-4(2)8(5,6)7/h3H,1H2,2H3,(H,5,6);4H,3H2,1-2H3,(H,5,6,7). The van der Waals surface area contributed by atoms with E-state index in [1.807, 2.05) is 0 Å². The van der Waals surface area contributed by atoms with Gasteiger partial charge < -0.3 is 5.32 Å². The van der Waals surface area contributed by atoms with Crippen molar-refractivity contribution < 1.29 is 17.8 Å². The van der Waals surface area contributed by atoms with E-state index in [2.05, 4.69) is 11.9 Å². The zero-order valence-corrected chi connectivity index (χ0v) is 9.47. The Morgan fingerprint density at radius 2 is 2.07 bits per heavy atom. The third-order valence-electron chi connectivity index (χ3n) is 1.52. The topological polar surface area (TPSA) is 83.5 Å². The number of likely N-dealkylation sites (N-methyl/N-ethyl adjacent to an activating group) is 1. The second kappa shape index (κ2) is 7.52. The first-order valence-corrected chi connectivity index (χ1v) is 5.60. The third kappa shape index (κ3) is 9.21. The summed E-state index contributed by atoms with van der Waals surface area (Å²) in [4.78, 5) is 9.95. The van der Waals surface area contributed by atoms with Crippen molar-refractivity contribution in [1.29, 1.82) is 0 Å². The number of carbonyl (C=O) groups is 1. The van der Waals surface area contributed by atoms with Gasteiger partial charge in [-0.1, -0.05) is 13.5 Å². The molecule has 0 spiro atoms. The van der Waals surface area contributed by atoms with Crippen LogP contribution in [0.4, 0.5) is 0 Å². The van der Waals surface area contributed by atoms with E-state index in [4.69, 9.17) is 4.55 Å². The molecule has 0 bridgehead atoms. The summed E-state index contributed by atoms with van der Waals surface area (Å²) in [6.45, 7) is 6.39. The van der Waals surface area contributed by atoms with E-state index < -0.39 is 15.4 Å². The number of nitrogens with one attached hydrogen (secondary N) is 1. The van der Waals surface area contributed by atoms with Crippen LogP contribution in [-0.2, 0) is 14.9 Å². The predicted molar refractivity (Wildman–Crippen MR) is 55.6 cm³/mol. The van der Waals surface area contributed by atoms with Gasteiger partial charge in [-0.15, -0.1) is 0 Å². The van der Waals surface area contributed by atoms with Gasteiger partial charge >= 0.3 is 0 Å². The molecular formula is C8H17NO4S. The Kier molecular flexibility index (Phi) is 8.37. The lowest BCUT2D eigenvalue weighted by Crippen LogP contribution is -2.14. The summed E-state index contributed by atoms with van der Waals surface area (Å²) in [6, 6.07) is 0. The zero-order valence-electron chi connectivity index (χ0n) is 8.65. The summed E-state index contributed by atoms with van der Waals surface area (Å²) in [7, 11) is -2.19. The van der Waals surface area contributed by atoms with Crippen molar-refractivity contribution in [3.05, 3.63) is 12.7 Å². The molecule has 0 aliphatic rings. The Morgan fingerprint density at radius 1 is 1.64 bits per heavy atom. The zero-order chi connectivity index (χ0) is 11.8. The molecule has 14 heavy (non-hydrogen) atoms.